The average Bonchev–Trinajstić information content (AvgIpc) is 2.35. The van der Waals surface area contributed by atoms with Crippen LogP contribution in [0.1, 0.15) is 30.6 Å². The molecule has 1 rings (SSSR count). The standard InChI is InChI=1S/C12H16N2O4/c1-4-8(2)13(3)12(16)10-7-9(15)5-6-11(10)14(17)18/h5-8,15H,4H2,1-3H3. The van der Waals surface area contributed by atoms with Gasteiger partial charge in [-0.25, -0.2) is 0 Å². The topological polar surface area (TPSA) is 83.7 Å². The molecule has 0 spiro atoms. The maximum absolute atomic E-state index is 12.1. The van der Waals surface area contributed by atoms with E-state index in [0.29, 0.717) is 0 Å². The summed E-state index contributed by atoms with van der Waals surface area (Å²) in [5, 5.41) is 20.2. The highest BCUT2D eigenvalue weighted by Gasteiger charge is 2.25. The van der Waals surface area contributed by atoms with Crippen molar-refractivity contribution >= 4 is 11.6 Å². The van der Waals surface area contributed by atoms with Crippen LogP contribution in [0.3, 0.4) is 0 Å². The molecule has 0 saturated carbocycles. The summed E-state index contributed by atoms with van der Waals surface area (Å²) in [7, 11) is 1.59. The van der Waals surface area contributed by atoms with Gasteiger partial charge in [0.05, 0.1) is 4.92 Å². The van der Waals surface area contributed by atoms with Crippen LogP contribution in [0.4, 0.5) is 5.69 Å². The number of phenols is 1. The van der Waals surface area contributed by atoms with Crippen molar-refractivity contribution in [1.29, 1.82) is 0 Å². The fourth-order valence-corrected chi connectivity index (χ4v) is 1.52. The van der Waals surface area contributed by atoms with Crippen molar-refractivity contribution in [2.24, 2.45) is 0 Å². The first-order valence-electron chi connectivity index (χ1n) is 5.63. The lowest BCUT2D eigenvalue weighted by atomic mass is 10.1. The van der Waals surface area contributed by atoms with E-state index in [1.807, 2.05) is 13.8 Å². The molecule has 1 aromatic carbocycles. The Balaban J connectivity index is 3.19. The summed E-state index contributed by atoms with van der Waals surface area (Å²) in [6, 6.07) is 3.42. The predicted molar refractivity (Wildman–Crippen MR) is 66.6 cm³/mol. The zero-order valence-corrected chi connectivity index (χ0v) is 10.6. The van der Waals surface area contributed by atoms with Gasteiger partial charge < -0.3 is 10.0 Å². The van der Waals surface area contributed by atoms with E-state index in [9.17, 15) is 20.0 Å². The number of benzene rings is 1. The van der Waals surface area contributed by atoms with Crippen molar-refractivity contribution in [3.05, 3.63) is 33.9 Å². The number of phenolic OH excluding ortho intramolecular Hbond substituents is 1. The molecular weight excluding hydrogens is 236 g/mol. The molecule has 1 unspecified atom stereocenters. The number of rotatable bonds is 4. The van der Waals surface area contributed by atoms with Crippen molar-refractivity contribution < 1.29 is 14.8 Å². The Kier molecular flexibility index (Phi) is 4.25. The van der Waals surface area contributed by atoms with E-state index < -0.39 is 10.8 Å². The number of nitro groups is 1. The summed E-state index contributed by atoms with van der Waals surface area (Å²) < 4.78 is 0. The van der Waals surface area contributed by atoms with Crippen molar-refractivity contribution in [1.82, 2.24) is 4.90 Å². The fraction of sp³-hybridized carbons (Fsp3) is 0.417. The lowest BCUT2D eigenvalue weighted by Gasteiger charge is -2.23. The van der Waals surface area contributed by atoms with Crippen LogP contribution < -0.4 is 0 Å². The van der Waals surface area contributed by atoms with Crippen molar-refractivity contribution in [3.63, 3.8) is 0 Å². The van der Waals surface area contributed by atoms with Crippen LogP contribution in [0.25, 0.3) is 0 Å². The number of carbonyl (C=O) groups excluding carboxylic acids is 1. The smallest absolute Gasteiger partial charge is 0.282 e. The zero-order valence-electron chi connectivity index (χ0n) is 10.6. The molecule has 0 fully saturated rings. The third kappa shape index (κ3) is 2.77. The molecule has 6 nitrogen and oxygen atoms in total. The first-order chi connectivity index (χ1) is 8.38. The van der Waals surface area contributed by atoms with Gasteiger partial charge in [0.15, 0.2) is 0 Å². The maximum atomic E-state index is 12.1. The predicted octanol–water partition coefficient (Wildman–Crippen LogP) is 2.17. The van der Waals surface area contributed by atoms with Crippen molar-refractivity contribution in [3.8, 4) is 5.75 Å². The lowest BCUT2D eigenvalue weighted by molar-refractivity contribution is -0.385. The fourth-order valence-electron chi connectivity index (χ4n) is 1.52. The third-order valence-electron chi connectivity index (χ3n) is 2.98. The number of amides is 1. The number of carbonyl (C=O) groups is 1. The molecule has 0 heterocycles. The molecule has 0 aliphatic rings. The van der Waals surface area contributed by atoms with Crippen LogP contribution in [-0.2, 0) is 0 Å². The Bertz CT molecular complexity index is 473. The van der Waals surface area contributed by atoms with Crippen LogP contribution in [-0.4, -0.2) is 33.9 Å². The van der Waals surface area contributed by atoms with Gasteiger partial charge in [-0.2, -0.15) is 0 Å². The van der Waals surface area contributed by atoms with E-state index in [1.165, 1.54) is 11.0 Å². The van der Waals surface area contributed by atoms with Gasteiger partial charge in [-0.15, -0.1) is 0 Å². The zero-order chi connectivity index (χ0) is 13.9. The molecule has 6 heteroatoms. The van der Waals surface area contributed by atoms with Gasteiger partial charge >= 0.3 is 0 Å². The van der Waals surface area contributed by atoms with Gasteiger partial charge in [0, 0.05) is 19.2 Å². The Morgan fingerprint density at radius 3 is 2.67 bits per heavy atom. The molecule has 98 valence electrons. The Morgan fingerprint density at radius 2 is 2.17 bits per heavy atom. The molecule has 1 amide bonds. The van der Waals surface area contributed by atoms with Gasteiger partial charge in [-0.3, -0.25) is 14.9 Å². The summed E-state index contributed by atoms with van der Waals surface area (Å²) in [6.45, 7) is 3.78. The first kappa shape index (κ1) is 14.0. The molecule has 0 aliphatic carbocycles. The van der Waals surface area contributed by atoms with Crippen LogP contribution in [0.15, 0.2) is 18.2 Å². The van der Waals surface area contributed by atoms with Crippen LogP contribution in [0.5, 0.6) is 5.75 Å². The minimum Gasteiger partial charge on any atom is -0.508 e. The largest absolute Gasteiger partial charge is 0.508 e. The molecule has 0 aromatic heterocycles. The van der Waals surface area contributed by atoms with Crippen LogP contribution in [0.2, 0.25) is 0 Å². The number of hydrogen-bond donors (Lipinski definition) is 1. The first-order valence-corrected chi connectivity index (χ1v) is 5.63. The SMILES string of the molecule is CCC(C)N(C)C(=O)c1cc(O)ccc1[N+](=O)[O-]. The molecule has 0 saturated heterocycles. The summed E-state index contributed by atoms with van der Waals surface area (Å²) in [6.07, 6.45) is 0.745. The monoisotopic (exact) mass is 252 g/mol. The molecule has 0 bridgehead atoms. The summed E-state index contributed by atoms with van der Waals surface area (Å²) in [4.78, 5) is 23.8. The van der Waals surface area contributed by atoms with E-state index in [-0.39, 0.29) is 23.0 Å². The van der Waals surface area contributed by atoms with Crippen LogP contribution in [0, 0.1) is 10.1 Å². The number of nitro benzene ring substituents is 1. The molecule has 1 N–H and O–H groups in total. The average molecular weight is 252 g/mol. The second-order valence-corrected chi connectivity index (χ2v) is 4.13. The highest BCUT2D eigenvalue weighted by Crippen LogP contribution is 2.25. The summed E-state index contributed by atoms with van der Waals surface area (Å²) >= 11 is 0. The van der Waals surface area contributed by atoms with Gasteiger partial charge in [-0.05, 0) is 25.5 Å². The van der Waals surface area contributed by atoms with Gasteiger partial charge in [-0.1, -0.05) is 6.92 Å². The molecule has 1 atom stereocenters. The van der Waals surface area contributed by atoms with E-state index >= 15 is 0 Å². The van der Waals surface area contributed by atoms with E-state index in [2.05, 4.69) is 0 Å². The molecule has 1 aromatic rings. The van der Waals surface area contributed by atoms with Crippen LogP contribution >= 0.6 is 0 Å². The number of aromatic hydroxyl groups is 1. The molecule has 18 heavy (non-hydrogen) atoms. The Labute approximate surface area is 105 Å². The van der Waals surface area contributed by atoms with Crippen molar-refractivity contribution in [2.45, 2.75) is 26.3 Å². The van der Waals surface area contributed by atoms with Gasteiger partial charge in [0.1, 0.15) is 11.3 Å². The van der Waals surface area contributed by atoms with Gasteiger partial charge in [0.25, 0.3) is 11.6 Å². The van der Waals surface area contributed by atoms with Gasteiger partial charge in [0.2, 0.25) is 0 Å². The Hall–Kier alpha value is -2.11. The maximum Gasteiger partial charge on any atom is 0.282 e. The molecular formula is C12H16N2O4. The minimum absolute atomic E-state index is 0.0283. The summed E-state index contributed by atoms with van der Waals surface area (Å²) in [5.74, 6) is -0.631. The highest BCUT2D eigenvalue weighted by molar-refractivity contribution is 5.98. The second-order valence-electron chi connectivity index (χ2n) is 4.13. The third-order valence-corrected chi connectivity index (χ3v) is 2.98. The van der Waals surface area contributed by atoms with E-state index in [4.69, 9.17) is 0 Å². The normalized spacial score (nSPS) is 11.9. The van der Waals surface area contributed by atoms with Crippen molar-refractivity contribution in [2.75, 3.05) is 7.05 Å². The molecule has 0 aliphatic heterocycles. The quantitative estimate of drug-likeness (QED) is 0.657. The highest BCUT2D eigenvalue weighted by atomic mass is 16.6. The molecule has 0 radical (unpaired) electrons. The summed E-state index contributed by atoms with van der Waals surface area (Å²) in [5.41, 5.74) is -0.393. The number of nitrogens with zero attached hydrogens (tertiary/aromatic N) is 2. The van der Waals surface area contributed by atoms with E-state index in [0.717, 1.165) is 18.6 Å². The lowest BCUT2D eigenvalue weighted by Crippen LogP contribution is -2.34. The Morgan fingerprint density at radius 1 is 1.56 bits per heavy atom. The van der Waals surface area contributed by atoms with E-state index in [1.54, 1.807) is 7.05 Å². The number of hydrogen-bond acceptors (Lipinski definition) is 4. The second kappa shape index (κ2) is 5.48. The minimum atomic E-state index is -0.628.